The normalized spacial score (nSPS) is 15.5. The monoisotopic (exact) mass is 727 g/mol. The second-order valence-electron chi connectivity index (χ2n) is 8.18. The number of nitrogens with zero attached hydrogens (tertiary/aromatic N) is 2. The fourth-order valence-electron chi connectivity index (χ4n) is 3.72. The zero-order chi connectivity index (χ0) is 29.2. The van der Waals surface area contributed by atoms with Crippen LogP contribution in [0.2, 0.25) is 0 Å². The third-order valence-corrected chi connectivity index (χ3v) is 6.80. The molecule has 212 valence electrons. The van der Waals surface area contributed by atoms with E-state index < -0.39 is 24.3 Å². The van der Waals surface area contributed by atoms with E-state index >= 15 is 0 Å². The minimum atomic E-state index is -1.15. The van der Waals surface area contributed by atoms with Crippen molar-refractivity contribution in [2.45, 2.75) is 26.1 Å². The molecule has 0 fully saturated rings. The number of hydrogen-bond acceptors (Lipinski definition) is 10. The summed E-state index contributed by atoms with van der Waals surface area (Å²) in [6.07, 6.45) is 0.373. The average Bonchev–Trinajstić information content (AvgIpc) is 2.91. The number of benzene rings is 2. The Bertz CT molecular complexity index is 1340. The quantitative estimate of drug-likeness (QED) is 0.0843. The number of halogens is 2. The summed E-state index contributed by atoms with van der Waals surface area (Å²) < 4.78 is 23.2. The number of rotatable bonds is 12. The number of methoxy groups -OCH3 is 1. The maximum Gasteiger partial charge on any atom is 0.337 e. The number of carbonyl (C=O) groups is 2. The fourth-order valence-corrected chi connectivity index (χ4v) is 5.49. The third kappa shape index (κ3) is 7.99. The van der Waals surface area contributed by atoms with Crippen LogP contribution in [0.15, 0.2) is 51.2 Å². The largest absolute Gasteiger partial charge is 0.490 e. The molecule has 0 saturated carbocycles. The van der Waals surface area contributed by atoms with Crippen LogP contribution in [-0.2, 0) is 9.53 Å². The van der Waals surface area contributed by atoms with Gasteiger partial charge in [0.25, 0.3) is 0 Å². The minimum Gasteiger partial charge on any atom is -0.490 e. The van der Waals surface area contributed by atoms with Crippen molar-refractivity contribution in [3.63, 3.8) is 0 Å². The van der Waals surface area contributed by atoms with Gasteiger partial charge in [-0.05, 0) is 87.8 Å². The molecule has 0 bridgehead atoms. The molecule has 0 aromatic heterocycles. The number of aliphatic hydroxyl groups is 1. The van der Waals surface area contributed by atoms with Gasteiger partial charge in [0.05, 0.1) is 39.6 Å². The molecule has 2 amide bonds. The van der Waals surface area contributed by atoms with Gasteiger partial charge in [0, 0.05) is 5.70 Å². The van der Waals surface area contributed by atoms with Gasteiger partial charge >= 0.3 is 12.0 Å². The maximum atomic E-state index is 12.4. The molecule has 40 heavy (non-hydrogen) atoms. The molecule has 3 rings (SSSR count). The topological polar surface area (TPSA) is 164 Å². The van der Waals surface area contributed by atoms with Crippen LogP contribution in [0.4, 0.5) is 4.79 Å². The van der Waals surface area contributed by atoms with E-state index in [4.69, 9.17) is 24.2 Å². The molecule has 4 N–H and O–H groups in total. The number of hydrazone groups is 1. The number of nitriles is 1. The molecule has 12 nitrogen and oxygen atoms in total. The van der Waals surface area contributed by atoms with Crippen molar-refractivity contribution < 1.29 is 33.6 Å². The Morgan fingerprint density at radius 1 is 1.30 bits per heavy atom. The van der Waals surface area contributed by atoms with Gasteiger partial charge in [0.2, 0.25) is 0 Å². The third-order valence-electron chi connectivity index (χ3n) is 5.41. The first kappa shape index (κ1) is 31.0. The molecule has 0 spiro atoms. The Hall–Kier alpha value is -3.55. The lowest BCUT2D eigenvalue weighted by Crippen LogP contribution is -2.45. The Morgan fingerprint density at radius 3 is 2.75 bits per heavy atom. The highest BCUT2D eigenvalue weighted by Crippen LogP contribution is 2.35. The molecular weight excluding hydrogens is 701 g/mol. The molecule has 0 saturated heterocycles. The Balaban J connectivity index is 1.68. The number of esters is 1. The lowest BCUT2D eigenvalue weighted by molar-refractivity contribution is -0.136. The smallest absolute Gasteiger partial charge is 0.337 e. The van der Waals surface area contributed by atoms with Gasteiger partial charge in [0.1, 0.15) is 18.4 Å². The first-order valence-electron chi connectivity index (χ1n) is 11.9. The fraction of sp³-hybridized carbons (Fsp3) is 0.308. The highest BCUT2D eigenvalue weighted by atomic mass is 127. The predicted molar refractivity (Wildman–Crippen MR) is 157 cm³/mol. The first-order chi connectivity index (χ1) is 19.2. The number of urea groups is 1. The summed E-state index contributed by atoms with van der Waals surface area (Å²) in [5.41, 5.74) is 4.56. The van der Waals surface area contributed by atoms with Crippen LogP contribution < -0.4 is 30.3 Å². The molecule has 0 radical (unpaired) electrons. The van der Waals surface area contributed by atoms with Crippen LogP contribution >= 0.6 is 38.5 Å². The second-order valence-corrected chi connectivity index (χ2v) is 10.2. The molecule has 2 atom stereocenters. The minimum absolute atomic E-state index is 0.0661. The van der Waals surface area contributed by atoms with Crippen LogP contribution in [0.25, 0.3) is 0 Å². The Morgan fingerprint density at radius 2 is 2.08 bits per heavy atom. The van der Waals surface area contributed by atoms with E-state index in [-0.39, 0.29) is 18.8 Å². The van der Waals surface area contributed by atoms with E-state index in [1.54, 1.807) is 38.1 Å². The van der Waals surface area contributed by atoms with Crippen LogP contribution in [0.5, 0.6) is 17.2 Å². The number of amides is 2. The Kier molecular flexibility index (Phi) is 11.4. The summed E-state index contributed by atoms with van der Waals surface area (Å²) in [7, 11) is 1.27. The highest BCUT2D eigenvalue weighted by Gasteiger charge is 2.32. The van der Waals surface area contributed by atoms with Crippen LogP contribution in [-0.4, -0.2) is 56.5 Å². The van der Waals surface area contributed by atoms with E-state index in [0.29, 0.717) is 39.6 Å². The first-order valence-corrected chi connectivity index (χ1v) is 13.8. The predicted octanol–water partition coefficient (Wildman–Crippen LogP) is 3.48. The zero-order valence-electron chi connectivity index (χ0n) is 21.8. The molecule has 1 aliphatic rings. The van der Waals surface area contributed by atoms with Crippen LogP contribution in [0.3, 0.4) is 0 Å². The lowest BCUT2D eigenvalue weighted by atomic mass is 9.95. The zero-order valence-corrected chi connectivity index (χ0v) is 25.5. The highest BCUT2D eigenvalue weighted by molar-refractivity contribution is 14.1. The van der Waals surface area contributed by atoms with E-state index in [0.717, 1.165) is 9.13 Å². The van der Waals surface area contributed by atoms with Crippen molar-refractivity contribution in [1.29, 1.82) is 5.26 Å². The molecule has 14 heteroatoms. The van der Waals surface area contributed by atoms with Gasteiger partial charge < -0.3 is 34.7 Å². The van der Waals surface area contributed by atoms with Crippen molar-refractivity contribution in [2.24, 2.45) is 5.10 Å². The Labute approximate surface area is 253 Å². The number of aliphatic hydroxyl groups excluding tert-OH is 1. The average molecular weight is 728 g/mol. The molecular formula is C26H27BrIN5O7. The molecule has 0 aliphatic carbocycles. The lowest BCUT2D eigenvalue weighted by Gasteiger charge is -2.28. The number of nitrogens with one attached hydrogen (secondary N) is 3. The molecule has 2 aromatic rings. The van der Waals surface area contributed by atoms with Gasteiger partial charge in [-0.15, -0.1) is 0 Å². The summed E-state index contributed by atoms with van der Waals surface area (Å²) in [5, 5.41) is 28.4. The number of hydrogen-bond donors (Lipinski definition) is 4. The molecule has 2 aromatic carbocycles. The molecule has 0 unspecified atom stereocenters. The molecule has 1 heterocycles. The van der Waals surface area contributed by atoms with Gasteiger partial charge in [-0.2, -0.15) is 10.4 Å². The van der Waals surface area contributed by atoms with E-state index in [2.05, 4.69) is 59.7 Å². The maximum absolute atomic E-state index is 12.4. The number of allylic oxidation sites excluding steroid dienone is 1. The van der Waals surface area contributed by atoms with Crippen molar-refractivity contribution in [2.75, 3.05) is 26.9 Å². The van der Waals surface area contributed by atoms with E-state index in [9.17, 15) is 14.7 Å². The van der Waals surface area contributed by atoms with Crippen molar-refractivity contribution in [3.05, 3.63) is 60.8 Å². The summed E-state index contributed by atoms with van der Waals surface area (Å²) in [6, 6.07) is 9.28. The second kappa shape index (κ2) is 14.7. The SMILES string of the molecule is CCOc1cc([C@@H]2NC(=O)NC(C)=C2C(=O)OC)ccc1OC[C@@H](O)N/N=C\c1cc(Br)c(OCC#N)c(I)c1. The molecule has 1 aliphatic heterocycles. The van der Waals surface area contributed by atoms with E-state index in [1.165, 1.54) is 13.3 Å². The van der Waals surface area contributed by atoms with Crippen molar-refractivity contribution in [3.8, 4) is 23.3 Å². The summed E-state index contributed by atoms with van der Waals surface area (Å²) in [5.74, 6) is 0.700. The van der Waals surface area contributed by atoms with Crippen molar-refractivity contribution >= 4 is 56.7 Å². The standard InChI is InChI=1S/C26H27BrIN5O7/c1-4-38-20-11-16(23-22(25(35)37-3)14(2)31-26(36)32-23)5-6-19(20)40-13-21(34)33-30-12-15-9-17(27)24(18(28)10-15)39-8-7-29/h5-6,9-12,21,23,33-34H,4,8,13H2,1-3H3,(H2,31,32,36)/b30-12-/t21-,23+/m1/s1. The van der Waals surface area contributed by atoms with Gasteiger partial charge in [-0.3, -0.25) is 5.43 Å². The van der Waals surface area contributed by atoms with Gasteiger partial charge in [0.15, 0.2) is 24.3 Å². The number of carbonyl (C=O) groups excluding carboxylic acids is 2. The van der Waals surface area contributed by atoms with Crippen molar-refractivity contribution in [1.82, 2.24) is 16.1 Å². The summed E-state index contributed by atoms with van der Waals surface area (Å²) >= 11 is 5.51. The number of ether oxygens (including phenoxy) is 4. The van der Waals surface area contributed by atoms with Crippen LogP contribution in [0.1, 0.15) is 31.0 Å². The summed E-state index contributed by atoms with van der Waals surface area (Å²) in [6.45, 7) is 3.53. The van der Waals surface area contributed by atoms with E-state index in [1.807, 2.05) is 12.1 Å². The van der Waals surface area contributed by atoms with Gasteiger partial charge in [-0.1, -0.05) is 6.07 Å². The van der Waals surface area contributed by atoms with Crippen LogP contribution in [0, 0.1) is 14.9 Å². The van der Waals surface area contributed by atoms with Gasteiger partial charge in [-0.25, -0.2) is 9.59 Å². The summed E-state index contributed by atoms with van der Waals surface area (Å²) in [4.78, 5) is 24.5.